The van der Waals surface area contributed by atoms with Gasteiger partial charge >= 0.3 is 0 Å². The lowest BCUT2D eigenvalue weighted by Crippen LogP contribution is -2.13. The molecule has 1 N–H and O–H groups in total. The molecule has 0 amide bonds. The molecule has 5 heteroatoms. The first-order chi connectivity index (χ1) is 10.3. The number of hydrogen-bond donors (Lipinski definition) is 1. The van der Waals surface area contributed by atoms with Crippen LogP contribution in [0.4, 0.5) is 0 Å². The Balaban J connectivity index is 2.18. The molecule has 0 aliphatic rings. The van der Waals surface area contributed by atoms with Gasteiger partial charge in [0, 0.05) is 23.9 Å². The van der Waals surface area contributed by atoms with E-state index in [1.165, 1.54) is 0 Å². The molecule has 2 rings (SSSR count). The number of para-hydroxylation sites is 1. The summed E-state index contributed by atoms with van der Waals surface area (Å²) in [4.78, 5) is 4.02. The van der Waals surface area contributed by atoms with Gasteiger partial charge in [0.2, 0.25) is 0 Å². The van der Waals surface area contributed by atoms with Gasteiger partial charge in [0.1, 0.15) is 24.1 Å². The highest BCUT2D eigenvalue weighted by atomic mass is 35.5. The number of nitrogens with zero attached hydrogens (tertiary/aromatic N) is 2. The Morgan fingerprint density at radius 2 is 2.10 bits per heavy atom. The van der Waals surface area contributed by atoms with Gasteiger partial charge < -0.3 is 10.1 Å². The van der Waals surface area contributed by atoms with E-state index in [1.54, 1.807) is 18.3 Å². The Labute approximate surface area is 129 Å². The van der Waals surface area contributed by atoms with Crippen LogP contribution < -0.4 is 10.1 Å². The predicted octanol–water partition coefficient (Wildman–Crippen LogP) is 3.30. The summed E-state index contributed by atoms with van der Waals surface area (Å²) in [6, 6.07) is 11.3. The van der Waals surface area contributed by atoms with Gasteiger partial charge in [-0.05, 0) is 18.7 Å². The second-order valence-corrected chi connectivity index (χ2v) is 4.83. The van der Waals surface area contributed by atoms with E-state index >= 15 is 0 Å². The van der Waals surface area contributed by atoms with Gasteiger partial charge in [-0.2, -0.15) is 5.26 Å². The summed E-state index contributed by atoms with van der Waals surface area (Å²) in [6.07, 6.45) is 1.59. The van der Waals surface area contributed by atoms with Crippen LogP contribution in [0.25, 0.3) is 0 Å². The van der Waals surface area contributed by atoms with Gasteiger partial charge in [0.25, 0.3) is 0 Å². The van der Waals surface area contributed by atoms with E-state index in [1.807, 2.05) is 25.1 Å². The van der Waals surface area contributed by atoms with Crippen LogP contribution in [-0.2, 0) is 13.2 Å². The fourth-order valence-corrected chi connectivity index (χ4v) is 2.17. The first kappa shape index (κ1) is 15.3. The van der Waals surface area contributed by atoms with Crippen LogP contribution in [0.1, 0.15) is 23.7 Å². The summed E-state index contributed by atoms with van der Waals surface area (Å²) < 4.78 is 5.83. The molecule has 2 aromatic rings. The molecule has 0 atom stereocenters. The van der Waals surface area contributed by atoms with Crippen molar-refractivity contribution in [2.45, 2.75) is 20.1 Å². The number of benzene rings is 1. The second-order valence-electron chi connectivity index (χ2n) is 4.42. The molecule has 21 heavy (non-hydrogen) atoms. The molecule has 1 aromatic heterocycles. The van der Waals surface area contributed by atoms with Crippen molar-refractivity contribution in [3.05, 3.63) is 58.4 Å². The Bertz CT molecular complexity index is 652. The first-order valence-electron chi connectivity index (χ1n) is 6.71. The number of pyridine rings is 1. The number of aromatic nitrogens is 1. The standard InChI is InChI=1S/C16H16ClN3O/c1-2-19-10-12-5-3-7-14(17)16(12)21-11-13-6-4-8-20-15(13)9-18/h3-8,19H,2,10-11H2,1H3. The van der Waals surface area contributed by atoms with Crippen LogP contribution in [0, 0.1) is 11.3 Å². The van der Waals surface area contributed by atoms with Crippen LogP contribution in [0.15, 0.2) is 36.5 Å². The van der Waals surface area contributed by atoms with Crippen LogP contribution in [0.2, 0.25) is 5.02 Å². The lowest BCUT2D eigenvalue weighted by Gasteiger charge is -2.13. The third-order valence-corrected chi connectivity index (χ3v) is 3.28. The minimum Gasteiger partial charge on any atom is -0.487 e. The van der Waals surface area contributed by atoms with E-state index in [-0.39, 0.29) is 6.61 Å². The SMILES string of the molecule is CCNCc1cccc(Cl)c1OCc1cccnc1C#N. The summed E-state index contributed by atoms with van der Waals surface area (Å²) in [6.45, 7) is 3.86. The van der Waals surface area contributed by atoms with E-state index in [9.17, 15) is 0 Å². The maximum Gasteiger partial charge on any atom is 0.147 e. The van der Waals surface area contributed by atoms with Crippen molar-refractivity contribution in [1.29, 1.82) is 5.26 Å². The van der Waals surface area contributed by atoms with Crippen molar-refractivity contribution >= 4 is 11.6 Å². The number of hydrogen-bond acceptors (Lipinski definition) is 4. The Hall–Kier alpha value is -2.09. The highest BCUT2D eigenvalue weighted by molar-refractivity contribution is 6.32. The number of halogens is 1. The van der Waals surface area contributed by atoms with Crippen molar-refractivity contribution in [2.24, 2.45) is 0 Å². The fraction of sp³-hybridized carbons (Fsp3) is 0.250. The van der Waals surface area contributed by atoms with Gasteiger partial charge in [-0.3, -0.25) is 0 Å². The zero-order chi connectivity index (χ0) is 15.1. The van der Waals surface area contributed by atoms with Crippen molar-refractivity contribution in [1.82, 2.24) is 10.3 Å². The van der Waals surface area contributed by atoms with Crippen molar-refractivity contribution < 1.29 is 4.74 Å². The van der Waals surface area contributed by atoms with Gasteiger partial charge in [0.15, 0.2) is 0 Å². The summed E-state index contributed by atoms with van der Waals surface area (Å²) >= 11 is 6.21. The van der Waals surface area contributed by atoms with E-state index in [0.29, 0.717) is 23.0 Å². The smallest absolute Gasteiger partial charge is 0.147 e. The largest absolute Gasteiger partial charge is 0.487 e. The molecule has 1 heterocycles. The molecule has 0 aliphatic heterocycles. The monoisotopic (exact) mass is 301 g/mol. The minimum atomic E-state index is 0.263. The average molecular weight is 302 g/mol. The van der Waals surface area contributed by atoms with E-state index < -0.39 is 0 Å². The average Bonchev–Trinajstić information content (AvgIpc) is 2.52. The minimum absolute atomic E-state index is 0.263. The van der Waals surface area contributed by atoms with Gasteiger partial charge in [-0.1, -0.05) is 36.7 Å². The summed E-state index contributed by atoms with van der Waals surface area (Å²) in [5.74, 6) is 0.646. The topological polar surface area (TPSA) is 57.9 Å². The second kappa shape index (κ2) is 7.63. The van der Waals surface area contributed by atoms with Gasteiger partial charge in [-0.25, -0.2) is 4.98 Å². The fourth-order valence-electron chi connectivity index (χ4n) is 1.92. The molecule has 4 nitrogen and oxygen atoms in total. The van der Waals surface area contributed by atoms with Crippen LogP contribution in [0.3, 0.4) is 0 Å². The molecule has 0 aliphatic carbocycles. The Morgan fingerprint density at radius 1 is 1.29 bits per heavy atom. The zero-order valence-electron chi connectivity index (χ0n) is 11.8. The lowest BCUT2D eigenvalue weighted by molar-refractivity contribution is 0.301. The third kappa shape index (κ3) is 3.94. The molecule has 0 fully saturated rings. The Morgan fingerprint density at radius 3 is 2.86 bits per heavy atom. The lowest BCUT2D eigenvalue weighted by atomic mass is 10.2. The molecule has 0 saturated heterocycles. The molecular weight excluding hydrogens is 286 g/mol. The van der Waals surface area contributed by atoms with E-state index in [4.69, 9.17) is 21.6 Å². The summed E-state index contributed by atoms with van der Waals surface area (Å²) in [5, 5.41) is 12.8. The van der Waals surface area contributed by atoms with Crippen molar-refractivity contribution in [2.75, 3.05) is 6.54 Å². The van der Waals surface area contributed by atoms with Crippen LogP contribution >= 0.6 is 11.6 Å². The molecule has 0 spiro atoms. The quantitative estimate of drug-likeness (QED) is 0.889. The molecule has 0 saturated carbocycles. The predicted molar refractivity (Wildman–Crippen MR) is 82.1 cm³/mol. The molecule has 0 unspecified atom stereocenters. The zero-order valence-corrected chi connectivity index (χ0v) is 12.5. The van der Waals surface area contributed by atoms with Crippen LogP contribution in [-0.4, -0.2) is 11.5 Å². The van der Waals surface area contributed by atoms with E-state index in [2.05, 4.69) is 16.4 Å². The van der Waals surface area contributed by atoms with Crippen molar-refractivity contribution in [3.63, 3.8) is 0 Å². The molecule has 108 valence electrons. The summed E-state index contributed by atoms with van der Waals surface area (Å²) in [7, 11) is 0. The molecule has 1 aromatic carbocycles. The number of rotatable bonds is 6. The van der Waals surface area contributed by atoms with Crippen LogP contribution in [0.5, 0.6) is 5.75 Å². The maximum absolute atomic E-state index is 9.04. The molecule has 0 radical (unpaired) electrons. The van der Waals surface area contributed by atoms with Crippen molar-refractivity contribution in [3.8, 4) is 11.8 Å². The van der Waals surface area contributed by atoms with E-state index in [0.717, 1.165) is 17.7 Å². The summed E-state index contributed by atoms with van der Waals surface area (Å²) in [5.41, 5.74) is 2.11. The van der Waals surface area contributed by atoms with Gasteiger partial charge in [-0.15, -0.1) is 0 Å². The third-order valence-electron chi connectivity index (χ3n) is 2.98. The molecular formula is C16H16ClN3O. The van der Waals surface area contributed by atoms with Gasteiger partial charge in [0.05, 0.1) is 5.02 Å². The number of nitriles is 1. The molecule has 0 bridgehead atoms. The maximum atomic E-state index is 9.04. The normalized spacial score (nSPS) is 10.1. The Kier molecular flexibility index (Phi) is 5.56. The first-order valence-corrected chi connectivity index (χ1v) is 7.09. The highest BCUT2D eigenvalue weighted by Gasteiger charge is 2.10. The number of nitrogens with one attached hydrogen (secondary N) is 1. The number of ether oxygens (including phenoxy) is 1. The highest BCUT2D eigenvalue weighted by Crippen LogP contribution is 2.29.